The highest BCUT2D eigenvalue weighted by Crippen LogP contribution is 2.33. The quantitative estimate of drug-likeness (QED) is 0.596. The largest absolute Gasteiger partial charge is 0.484 e. The molecule has 3 aromatic rings. The normalized spacial score (nSPS) is 21.7. The van der Waals surface area contributed by atoms with Crippen LogP contribution in [0.2, 0.25) is 0 Å². The number of amides is 1. The molecule has 1 spiro atoms. The topological polar surface area (TPSA) is 90.7 Å². The fraction of sp³-hybridized carbons (Fsp3) is 0.364. The number of aromatic nitrogens is 2. The minimum Gasteiger partial charge on any atom is -0.484 e. The maximum absolute atomic E-state index is 13.0. The maximum atomic E-state index is 13.0. The predicted molar refractivity (Wildman–Crippen MR) is 115 cm³/mol. The van der Waals surface area contributed by atoms with E-state index in [2.05, 4.69) is 4.98 Å². The van der Waals surface area contributed by atoms with Crippen LogP contribution in [0, 0.1) is 0 Å². The molecule has 0 bridgehead atoms. The van der Waals surface area contributed by atoms with Crippen LogP contribution in [0.1, 0.15) is 0 Å². The Morgan fingerprint density at radius 1 is 1.13 bits per heavy atom. The van der Waals surface area contributed by atoms with Crippen LogP contribution in [0.3, 0.4) is 0 Å². The van der Waals surface area contributed by atoms with Gasteiger partial charge in [-0.2, -0.15) is 0 Å². The molecule has 2 saturated heterocycles. The van der Waals surface area contributed by atoms with E-state index in [1.54, 1.807) is 23.4 Å². The first-order valence-electron chi connectivity index (χ1n) is 10.2. The highest BCUT2D eigenvalue weighted by atomic mass is 32.2. The fourth-order valence-corrected chi connectivity index (χ4v) is 6.10. The summed E-state index contributed by atoms with van der Waals surface area (Å²) in [6.45, 7) is 0.862. The average molecular weight is 442 g/mol. The smallest absolute Gasteiger partial charge is 0.260 e. The first kappa shape index (κ1) is 20.0. The zero-order valence-corrected chi connectivity index (χ0v) is 17.7. The summed E-state index contributed by atoms with van der Waals surface area (Å²) in [5.74, 6) is 0.362. The van der Waals surface area contributed by atoms with Gasteiger partial charge in [-0.05, 0) is 24.3 Å². The van der Waals surface area contributed by atoms with Crippen LogP contribution < -0.4 is 4.74 Å². The molecule has 2 aliphatic heterocycles. The predicted octanol–water partition coefficient (Wildman–Crippen LogP) is 1.51. The van der Waals surface area contributed by atoms with Crippen molar-refractivity contribution in [2.24, 2.45) is 0 Å². The number of sulfone groups is 1. The van der Waals surface area contributed by atoms with Crippen molar-refractivity contribution in [1.82, 2.24) is 14.5 Å². The van der Waals surface area contributed by atoms with Gasteiger partial charge >= 0.3 is 0 Å². The van der Waals surface area contributed by atoms with E-state index < -0.39 is 20.7 Å². The van der Waals surface area contributed by atoms with Gasteiger partial charge in [0, 0.05) is 6.54 Å². The fourth-order valence-electron chi connectivity index (χ4n) is 4.20. The summed E-state index contributed by atoms with van der Waals surface area (Å²) in [6.07, 6.45) is 1.67. The van der Waals surface area contributed by atoms with Crippen molar-refractivity contribution in [1.29, 1.82) is 0 Å². The van der Waals surface area contributed by atoms with E-state index in [1.807, 2.05) is 47.0 Å². The maximum Gasteiger partial charge on any atom is 0.260 e. The summed E-state index contributed by atoms with van der Waals surface area (Å²) in [6, 6.07) is 16.7. The van der Waals surface area contributed by atoms with Gasteiger partial charge < -0.3 is 18.9 Å². The third-order valence-corrected chi connectivity index (χ3v) is 8.12. The SMILES string of the molecule is O=C(COc1ccccc1)N1CC2(C1)CS(=O)(=O)[C@@H](Cn1cnc3ccccc31)CO2. The van der Waals surface area contributed by atoms with Crippen LogP contribution in [0.15, 0.2) is 60.9 Å². The summed E-state index contributed by atoms with van der Waals surface area (Å²) in [5, 5.41) is -0.637. The summed E-state index contributed by atoms with van der Waals surface area (Å²) in [7, 11) is -3.38. The second-order valence-electron chi connectivity index (χ2n) is 8.16. The number of likely N-dealkylation sites (tertiary alicyclic amines) is 1. The lowest BCUT2D eigenvalue weighted by Crippen LogP contribution is -2.71. The molecule has 2 aliphatic rings. The van der Waals surface area contributed by atoms with Gasteiger partial charge in [0.05, 0.1) is 42.8 Å². The summed E-state index contributed by atoms with van der Waals surface area (Å²) < 4.78 is 39.4. The number of imidazole rings is 1. The molecule has 31 heavy (non-hydrogen) atoms. The summed E-state index contributed by atoms with van der Waals surface area (Å²) in [4.78, 5) is 18.3. The molecule has 0 radical (unpaired) electrons. The van der Waals surface area contributed by atoms with E-state index in [4.69, 9.17) is 9.47 Å². The molecule has 3 heterocycles. The van der Waals surface area contributed by atoms with Crippen molar-refractivity contribution in [2.45, 2.75) is 17.4 Å². The molecule has 1 atom stereocenters. The van der Waals surface area contributed by atoms with Crippen LogP contribution in [0.5, 0.6) is 5.75 Å². The molecule has 0 unspecified atom stereocenters. The van der Waals surface area contributed by atoms with Gasteiger partial charge in [-0.3, -0.25) is 4.79 Å². The van der Waals surface area contributed by atoms with Crippen LogP contribution in [0.4, 0.5) is 0 Å². The first-order chi connectivity index (χ1) is 14.9. The summed E-state index contributed by atoms with van der Waals surface area (Å²) in [5.41, 5.74) is 0.921. The molecule has 8 nitrogen and oxygen atoms in total. The van der Waals surface area contributed by atoms with Gasteiger partial charge in [0.1, 0.15) is 16.6 Å². The summed E-state index contributed by atoms with van der Waals surface area (Å²) >= 11 is 0. The molecular formula is C22H23N3O5S. The lowest BCUT2D eigenvalue weighted by atomic mass is 9.95. The van der Waals surface area contributed by atoms with Crippen molar-refractivity contribution < 1.29 is 22.7 Å². The van der Waals surface area contributed by atoms with E-state index in [0.29, 0.717) is 12.3 Å². The Morgan fingerprint density at radius 3 is 2.65 bits per heavy atom. The molecule has 2 aromatic carbocycles. The Labute approximate surface area is 180 Å². The third kappa shape index (κ3) is 3.90. The molecule has 162 valence electrons. The zero-order chi connectivity index (χ0) is 21.5. The van der Waals surface area contributed by atoms with E-state index in [9.17, 15) is 13.2 Å². The lowest BCUT2D eigenvalue weighted by Gasteiger charge is -2.52. The Hall–Kier alpha value is -2.91. The van der Waals surface area contributed by atoms with Gasteiger partial charge in [0.15, 0.2) is 16.4 Å². The van der Waals surface area contributed by atoms with Crippen LogP contribution in [0.25, 0.3) is 11.0 Å². The monoisotopic (exact) mass is 441 g/mol. The molecule has 1 aromatic heterocycles. The van der Waals surface area contributed by atoms with Gasteiger partial charge in [-0.25, -0.2) is 13.4 Å². The van der Waals surface area contributed by atoms with Crippen LogP contribution >= 0.6 is 0 Å². The van der Waals surface area contributed by atoms with Crippen molar-refractivity contribution in [3.63, 3.8) is 0 Å². The number of hydrogen-bond donors (Lipinski definition) is 0. The molecule has 0 N–H and O–H groups in total. The van der Waals surface area contributed by atoms with Crippen molar-refractivity contribution in [2.75, 3.05) is 32.1 Å². The second-order valence-corrected chi connectivity index (χ2v) is 10.4. The number of carbonyl (C=O) groups excluding carboxylic acids is 1. The number of benzene rings is 2. The van der Waals surface area contributed by atoms with Crippen molar-refractivity contribution >= 4 is 26.8 Å². The number of para-hydroxylation sites is 3. The Bertz CT molecular complexity index is 1200. The number of hydrogen-bond acceptors (Lipinski definition) is 6. The highest BCUT2D eigenvalue weighted by molar-refractivity contribution is 7.92. The van der Waals surface area contributed by atoms with Gasteiger partial charge in [0.2, 0.25) is 0 Å². The highest BCUT2D eigenvalue weighted by Gasteiger charge is 2.53. The standard InChI is InChI=1S/C22H23N3O5S/c26-21(12-29-17-6-2-1-3-7-17)25-13-22(14-25)15-31(27,28)18(11-30-22)10-24-16-23-19-8-4-5-9-20(19)24/h1-9,16,18H,10-15H2/t18-/m0/s1. The lowest BCUT2D eigenvalue weighted by molar-refractivity contribution is -0.166. The van der Waals surface area contributed by atoms with E-state index in [0.717, 1.165) is 11.0 Å². The second kappa shape index (κ2) is 7.65. The number of ether oxygens (including phenoxy) is 2. The van der Waals surface area contributed by atoms with E-state index in [1.165, 1.54) is 0 Å². The average Bonchev–Trinajstić information content (AvgIpc) is 3.15. The van der Waals surface area contributed by atoms with Crippen LogP contribution in [-0.2, 0) is 25.9 Å². The Morgan fingerprint density at radius 2 is 1.87 bits per heavy atom. The molecule has 0 aliphatic carbocycles. The van der Waals surface area contributed by atoms with Gasteiger partial charge in [-0.15, -0.1) is 0 Å². The first-order valence-corrected chi connectivity index (χ1v) is 11.9. The number of fused-ring (bicyclic) bond motifs is 1. The number of rotatable bonds is 5. The number of carbonyl (C=O) groups is 1. The van der Waals surface area contributed by atoms with E-state index in [-0.39, 0.29) is 38.0 Å². The Kier molecular flexibility index (Phi) is 4.94. The Balaban J connectivity index is 1.18. The molecule has 1 amide bonds. The minimum atomic E-state index is -3.38. The molecule has 5 rings (SSSR count). The third-order valence-electron chi connectivity index (χ3n) is 5.89. The molecule has 0 saturated carbocycles. The molecule has 9 heteroatoms. The van der Waals surface area contributed by atoms with Gasteiger partial charge in [-0.1, -0.05) is 30.3 Å². The zero-order valence-electron chi connectivity index (χ0n) is 16.9. The van der Waals surface area contributed by atoms with E-state index >= 15 is 0 Å². The van der Waals surface area contributed by atoms with Crippen molar-refractivity contribution in [3.8, 4) is 5.75 Å². The van der Waals surface area contributed by atoms with Gasteiger partial charge in [0.25, 0.3) is 5.91 Å². The minimum absolute atomic E-state index is 0.0802. The number of nitrogens with zero attached hydrogens (tertiary/aromatic N) is 3. The van der Waals surface area contributed by atoms with Crippen LogP contribution in [-0.4, -0.2) is 71.7 Å². The van der Waals surface area contributed by atoms with Crippen molar-refractivity contribution in [3.05, 3.63) is 60.9 Å². The molecule has 2 fully saturated rings. The molecular weight excluding hydrogens is 418 g/mol.